The molecule has 0 spiro atoms. The number of aliphatic imine (C=N–C) groups is 1. The topological polar surface area (TPSA) is 114 Å². The Labute approximate surface area is 156 Å². The van der Waals surface area contributed by atoms with Crippen LogP contribution in [0.15, 0.2) is 59.0 Å². The van der Waals surface area contributed by atoms with E-state index in [1.54, 1.807) is 12.4 Å². The van der Waals surface area contributed by atoms with Crippen molar-refractivity contribution in [3.63, 3.8) is 0 Å². The number of halogens is 1. The van der Waals surface area contributed by atoms with Crippen molar-refractivity contribution in [2.45, 2.75) is 18.0 Å². The van der Waals surface area contributed by atoms with Crippen LogP contribution in [0.25, 0.3) is 0 Å². The number of hydrogen-bond acceptors (Lipinski definition) is 7. The molecule has 3 rings (SSSR count). The van der Waals surface area contributed by atoms with Gasteiger partial charge in [-0.2, -0.15) is 5.10 Å². The molecule has 1 aromatic heterocycles. The van der Waals surface area contributed by atoms with Gasteiger partial charge < -0.3 is 16.4 Å². The van der Waals surface area contributed by atoms with Crippen LogP contribution >= 0.6 is 11.6 Å². The lowest BCUT2D eigenvalue weighted by Crippen LogP contribution is -2.47. The number of rotatable bonds is 5. The average molecular weight is 395 g/mol. The molecule has 0 radical (unpaired) electrons. The molecule has 1 aromatic carbocycles. The Morgan fingerprint density at radius 2 is 2.08 bits per heavy atom. The van der Waals surface area contributed by atoms with E-state index in [2.05, 4.69) is 20.7 Å². The second-order valence-corrected chi connectivity index (χ2v) is 8.65. The van der Waals surface area contributed by atoms with Crippen molar-refractivity contribution in [2.24, 2.45) is 10.7 Å². The summed E-state index contributed by atoms with van der Waals surface area (Å²) in [6, 6.07) is 9.70. The normalized spacial score (nSPS) is 20.1. The molecule has 0 saturated heterocycles. The number of guanidine groups is 1. The van der Waals surface area contributed by atoms with Crippen LogP contribution < -0.4 is 16.4 Å². The smallest absolute Gasteiger partial charge is 0.202 e. The molecule has 1 aliphatic heterocycles. The number of anilines is 1. The van der Waals surface area contributed by atoms with Crippen LogP contribution in [0.5, 0.6) is 0 Å². The van der Waals surface area contributed by atoms with Crippen molar-refractivity contribution in [3.05, 3.63) is 59.5 Å². The minimum Gasteiger partial charge on any atom is -0.331 e. The second kappa shape index (κ2) is 7.10. The Bertz CT molecular complexity index is 954. The number of nitrogens with two attached hydrogens (primary N) is 1. The van der Waals surface area contributed by atoms with E-state index in [-0.39, 0.29) is 5.88 Å². The highest BCUT2D eigenvalue weighted by atomic mass is 35.5. The Hall–Kier alpha value is -2.36. The molecule has 10 heteroatoms. The highest BCUT2D eigenvalue weighted by molar-refractivity contribution is 7.89. The van der Waals surface area contributed by atoms with Crippen LogP contribution in [-0.4, -0.2) is 36.1 Å². The number of nitrogens with zero attached hydrogens (tertiary/aromatic N) is 3. The minimum absolute atomic E-state index is 0.199. The fourth-order valence-corrected chi connectivity index (χ4v) is 3.30. The summed E-state index contributed by atoms with van der Waals surface area (Å²) in [5, 5.41) is 10.3. The number of nitrogens with one attached hydrogen (secondary N) is 2. The van der Waals surface area contributed by atoms with Gasteiger partial charge in [-0.05, 0) is 5.56 Å². The zero-order chi connectivity index (χ0) is 18.8. The number of aromatic nitrogens is 2. The summed E-state index contributed by atoms with van der Waals surface area (Å²) in [6.07, 6.45) is 6.24. The van der Waals surface area contributed by atoms with Gasteiger partial charge in [0.25, 0.3) is 0 Å². The van der Waals surface area contributed by atoms with Crippen LogP contribution in [0.1, 0.15) is 5.56 Å². The molecule has 4 N–H and O–H groups in total. The van der Waals surface area contributed by atoms with Crippen molar-refractivity contribution in [2.75, 3.05) is 11.6 Å². The molecule has 1 unspecified atom stereocenters. The maximum atomic E-state index is 11.3. The molecule has 0 fully saturated rings. The van der Waals surface area contributed by atoms with Crippen molar-refractivity contribution < 1.29 is 8.42 Å². The lowest BCUT2D eigenvalue weighted by Gasteiger charge is -2.29. The van der Waals surface area contributed by atoms with Crippen LogP contribution in [0.2, 0.25) is 0 Å². The van der Waals surface area contributed by atoms with Gasteiger partial charge in [0.15, 0.2) is 15.5 Å². The van der Waals surface area contributed by atoms with Crippen molar-refractivity contribution in [1.82, 2.24) is 15.1 Å². The summed E-state index contributed by atoms with van der Waals surface area (Å²) < 4.78 is 24.0. The predicted molar refractivity (Wildman–Crippen MR) is 102 cm³/mol. The van der Waals surface area contributed by atoms with Gasteiger partial charge in [-0.25, -0.2) is 13.4 Å². The Kier molecular flexibility index (Phi) is 5.03. The summed E-state index contributed by atoms with van der Waals surface area (Å²) in [4.78, 5) is 4.49. The van der Waals surface area contributed by atoms with E-state index in [0.29, 0.717) is 23.1 Å². The lowest BCUT2D eigenvalue weighted by molar-refractivity contribution is 0.531. The lowest BCUT2D eigenvalue weighted by atomic mass is 10.00. The van der Waals surface area contributed by atoms with E-state index in [4.69, 9.17) is 17.3 Å². The Morgan fingerprint density at radius 1 is 1.35 bits per heavy atom. The molecule has 0 aliphatic carbocycles. The van der Waals surface area contributed by atoms with Crippen molar-refractivity contribution in [1.29, 1.82) is 0 Å². The summed E-state index contributed by atoms with van der Waals surface area (Å²) >= 11 is 6.27. The second-order valence-electron chi connectivity index (χ2n) is 6.13. The maximum absolute atomic E-state index is 11.3. The summed E-state index contributed by atoms with van der Waals surface area (Å²) in [5.74, 6) is 0.196. The first-order chi connectivity index (χ1) is 12.2. The van der Waals surface area contributed by atoms with Gasteiger partial charge in [-0.3, -0.25) is 4.68 Å². The maximum Gasteiger partial charge on any atom is 0.202 e. The van der Waals surface area contributed by atoms with E-state index in [1.807, 2.05) is 30.3 Å². The standard InChI is InChI=1S/C16H19ClN6O2S/c1-26(24,25)11-23-10-13(8-20-23)21-15-19-9-14(17)16(18,22-15)7-12-5-3-2-4-6-12/h2-6,8-10H,7,11,18H2,1H3,(H2,19,21,22). The SMILES string of the molecule is CS(=O)(=O)Cn1cc(NC2=NC(N)(Cc3ccccc3)C(Cl)=CN2)cn1. The first kappa shape index (κ1) is 18.4. The van der Waals surface area contributed by atoms with Crippen LogP contribution in [-0.2, 0) is 22.1 Å². The molecular formula is C16H19ClN6O2S. The quantitative estimate of drug-likeness (QED) is 0.702. The molecule has 2 heterocycles. The molecule has 8 nitrogen and oxygen atoms in total. The van der Waals surface area contributed by atoms with Gasteiger partial charge in [0, 0.05) is 25.1 Å². The Balaban J connectivity index is 1.76. The number of sulfone groups is 1. The minimum atomic E-state index is -3.18. The molecule has 26 heavy (non-hydrogen) atoms. The molecular weight excluding hydrogens is 376 g/mol. The van der Waals surface area contributed by atoms with Gasteiger partial charge in [0.2, 0.25) is 5.96 Å². The van der Waals surface area contributed by atoms with E-state index >= 15 is 0 Å². The third-order valence-electron chi connectivity index (χ3n) is 3.64. The third kappa shape index (κ3) is 4.63. The fourth-order valence-electron chi connectivity index (χ4n) is 2.51. The van der Waals surface area contributed by atoms with Crippen LogP contribution in [0.3, 0.4) is 0 Å². The Morgan fingerprint density at radius 3 is 2.77 bits per heavy atom. The number of hydrogen-bond donors (Lipinski definition) is 3. The zero-order valence-corrected chi connectivity index (χ0v) is 15.6. The highest BCUT2D eigenvalue weighted by Crippen LogP contribution is 2.26. The molecule has 2 aromatic rings. The van der Waals surface area contributed by atoms with Gasteiger partial charge >= 0.3 is 0 Å². The third-order valence-corrected chi connectivity index (χ3v) is 4.81. The van der Waals surface area contributed by atoms with Crippen LogP contribution in [0.4, 0.5) is 5.69 Å². The summed E-state index contributed by atoms with van der Waals surface area (Å²) in [5.41, 5.74) is 6.89. The molecule has 1 aliphatic rings. The van der Waals surface area contributed by atoms with Gasteiger partial charge in [-0.15, -0.1) is 0 Å². The van der Waals surface area contributed by atoms with Gasteiger partial charge in [0.1, 0.15) is 5.88 Å². The molecule has 138 valence electrons. The number of benzene rings is 1. The van der Waals surface area contributed by atoms with Gasteiger partial charge in [-0.1, -0.05) is 41.9 Å². The van der Waals surface area contributed by atoms with Crippen molar-refractivity contribution in [3.8, 4) is 0 Å². The largest absolute Gasteiger partial charge is 0.331 e. The zero-order valence-electron chi connectivity index (χ0n) is 14.1. The van der Waals surface area contributed by atoms with Crippen molar-refractivity contribution >= 4 is 33.1 Å². The van der Waals surface area contributed by atoms with Gasteiger partial charge in [0.05, 0.1) is 16.9 Å². The monoisotopic (exact) mass is 394 g/mol. The van der Waals surface area contributed by atoms with E-state index < -0.39 is 15.5 Å². The first-order valence-electron chi connectivity index (χ1n) is 7.76. The van der Waals surface area contributed by atoms with E-state index in [0.717, 1.165) is 11.8 Å². The predicted octanol–water partition coefficient (Wildman–Crippen LogP) is 1.23. The first-order valence-corrected chi connectivity index (χ1v) is 10.2. The molecule has 0 bridgehead atoms. The van der Waals surface area contributed by atoms with E-state index in [1.165, 1.54) is 10.9 Å². The summed E-state index contributed by atoms with van der Waals surface area (Å²) in [6.45, 7) is 0. The fraction of sp³-hybridized carbons (Fsp3) is 0.250. The molecule has 1 atom stereocenters. The molecule has 0 saturated carbocycles. The molecule has 0 amide bonds. The van der Waals surface area contributed by atoms with E-state index in [9.17, 15) is 8.42 Å². The van der Waals surface area contributed by atoms with Crippen LogP contribution in [0, 0.1) is 0 Å². The highest BCUT2D eigenvalue weighted by Gasteiger charge is 2.32. The average Bonchev–Trinajstić information content (AvgIpc) is 2.97. The summed E-state index contributed by atoms with van der Waals surface area (Å²) in [7, 11) is -3.18.